The molecule has 0 radical (unpaired) electrons. The molecule has 0 bridgehead atoms. The van der Waals surface area contributed by atoms with Gasteiger partial charge in [-0.1, -0.05) is 0 Å². The number of imidazole rings is 1. The van der Waals surface area contributed by atoms with Crippen molar-refractivity contribution >= 4 is 22.9 Å². The van der Waals surface area contributed by atoms with Crippen molar-refractivity contribution in [1.29, 1.82) is 0 Å². The molecule has 1 atom stereocenters. The highest BCUT2D eigenvalue weighted by Crippen LogP contribution is 2.32. The van der Waals surface area contributed by atoms with E-state index < -0.39 is 0 Å². The van der Waals surface area contributed by atoms with Gasteiger partial charge in [-0.05, 0) is 48.9 Å². The summed E-state index contributed by atoms with van der Waals surface area (Å²) in [6, 6.07) is 11.2. The Balaban J connectivity index is 1.41. The molecule has 8 heteroatoms. The van der Waals surface area contributed by atoms with Crippen LogP contribution in [0, 0.1) is 5.82 Å². The molecule has 3 aromatic heterocycles. The Hall–Kier alpha value is -3.68. The zero-order valence-electron chi connectivity index (χ0n) is 15.5. The molecule has 5 rings (SSSR count). The highest BCUT2D eigenvalue weighted by Gasteiger charge is 2.31. The predicted octanol–water partition coefficient (Wildman–Crippen LogP) is 4.31. The van der Waals surface area contributed by atoms with Gasteiger partial charge in [0.1, 0.15) is 23.4 Å². The normalized spacial score (nSPS) is 16.4. The van der Waals surface area contributed by atoms with Crippen LogP contribution in [-0.2, 0) is 0 Å². The number of likely N-dealkylation sites (tertiary alicyclic amines) is 1. The van der Waals surface area contributed by atoms with Gasteiger partial charge in [0.05, 0.1) is 17.9 Å². The average Bonchev–Trinajstić information content (AvgIpc) is 3.48. The molecule has 4 heterocycles. The van der Waals surface area contributed by atoms with Crippen molar-refractivity contribution in [3.63, 3.8) is 0 Å². The molecule has 29 heavy (non-hydrogen) atoms. The van der Waals surface area contributed by atoms with Crippen LogP contribution in [0.3, 0.4) is 0 Å². The minimum absolute atomic E-state index is 0.0405. The maximum absolute atomic E-state index is 13.1. The van der Waals surface area contributed by atoms with Gasteiger partial charge in [0.15, 0.2) is 5.65 Å². The SMILES string of the molecule is O=C(Nc1ccc(F)cc1)N1CCC(n2c(-c3ccoc3)nc3cccnc32)C1. The van der Waals surface area contributed by atoms with Crippen LogP contribution >= 0.6 is 0 Å². The number of furan rings is 1. The molecule has 1 unspecified atom stereocenters. The number of hydrogen-bond acceptors (Lipinski definition) is 4. The molecule has 1 aliphatic heterocycles. The number of carbonyl (C=O) groups excluding carboxylic acids is 1. The Morgan fingerprint density at radius 1 is 1.21 bits per heavy atom. The summed E-state index contributed by atoms with van der Waals surface area (Å²) in [5, 5.41) is 2.82. The van der Waals surface area contributed by atoms with E-state index in [4.69, 9.17) is 9.40 Å². The van der Waals surface area contributed by atoms with Crippen LogP contribution in [0.25, 0.3) is 22.6 Å². The molecule has 0 spiro atoms. The molecule has 7 nitrogen and oxygen atoms in total. The Bertz CT molecular complexity index is 1150. The van der Waals surface area contributed by atoms with Crippen molar-refractivity contribution in [3.05, 3.63) is 67.0 Å². The van der Waals surface area contributed by atoms with Crippen molar-refractivity contribution < 1.29 is 13.6 Å². The molecular weight excluding hydrogens is 373 g/mol. The summed E-state index contributed by atoms with van der Waals surface area (Å²) in [5.74, 6) is 0.439. The number of pyridine rings is 1. The highest BCUT2D eigenvalue weighted by atomic mass is 19.1. The van der Waals surface area contributed by atoms with Gasteiger partial charge in [0.25, 0.3) is 0 Å². The van der Waals surface area contributed by atoms with Crippen molar-refractivity contribution in [3.8, 4) is 11.4 Å². The molecule has 1 fully saturated rings. The number of aromatic nitrogens is 3. The fourth-order valence-corrected chi connectivity index (χ4v) is 3.74. The smallest absolute Gasteiger partial charge is 0.321 e. The summed E-state index contributed by atoms with van der Waals surface area (Å²) in [5.41, 5.74) is 3.03. The van der Waals surface area contributed by atoms with Gasteiger partial charge in [0.2, 0.25) is 0 Å². The Kier molecular flexibility index (Phi) is 4.23. The maximum atomic E-state index is 13.1. The lowest BCUT2D eigenvalue weighted by Crippen LogP contribution is -2.33. The van der Waals surface area contributed by atoms with Crippen LogP contribution in [0.1, 0.15) is 12.5 Å². The number of fused-ring (bicyclic) bond motifs is 1. The van der Waals surface area contributed by atoms with Gasteiger partial charge in [-0.3, -0.25) is 0 Å². The molecule has 4 aromatic rings. The monoisotopic (exact) mass is 391 g/mol. The second-order valence-electron chi connectivity index (χ2n) is 6.99. The van der Waals surface area contributed by atoms with Crippen molar-refractivity contribution in [1.82, 2.24) is 19.4 Å². The fourth-order valence-electron chi connectivity index (χ4n) is 3.74. The summed E-state index contributed by atoms with van der Waals surface area (Å²) < 4.78 is 20.4. The molecule has 1 N–H and O–H groups in total. The van der Waals surface area contributed by atoms with E-state index in [9.17, 15) is 9.18 Å². The number of benzene rings is 1. The largest absolute Gasteiger partial charge is 0.472 e. The zero-order valence-corrected chi connectivity index (χ0v) is 15.5. The Morgan fingerprint density at radius 3 is 2.86 bits per heavy atom. The third kappa shape index (κ3) is 3.22. The van der Waals surface area contributed by atoms with E-state index in [0.29, 0.717) is 18.8 Å². The minimum Gasteiger partial charge on any atom is -0.472 e. The van der Waals surface area contributed by atoms with E-state index in [1.54, 1.807) is 35.8 Å². The number of halogens is 1. The maximum Gasteiger partial charge on any atom is 0.321 e. The molecule has 1 saturated heterocycles. The van der Waals surface area contributed by atoms with E-state index in [0.717, 1.165) is 29.0 Å². The molecule has 146 valence electrons. The summed E-state index contributed by atoms with van der Waals surface area (Å²) in [6.45, 7) is 1.13. The highest BCUT2D eigenvalue weighted by molar-refractivity contribution is 5.89. The molecule has 0 saturated carbocycles. The zero-order chi connectivity index (χ0) is 19.8. The van der Waals surface area contributed by atoms with Gasteiger partial charge in [0, 0.05) is 25.0 Å². The number of amides is 2. The second-order valence-corrected chi connectivity index (χ2v) is 6.99. The van der Waals surface area contributed by atoms with Crippen molar-refractivity contribution in [2.75, 3.05) is 18.4 Å². The number of hydrogen-bond donors (Lipinski definition) is 1. The first-order chi connectivity index (χ1) is 14.2. The van der Waals surface area contributed by atoms with Crippen LogP contribution < -0.4 is 5.32 Å². The van der Waals surface area contributed by atoms with E-state index in [1.165, 1.54) is 12.1 Å². The van der Waals surface area contributed by atoms with Crippen LogP contribution in [0.2, 0.25) is 0 Å². The van der Waals surface area contributed by atoms with E-state index >= 15 is 0 Å². The van der Waals surface area contributed by atoms with Gasteiger partial charge >= 0.3 is 6.03 Å². The van der Waals surface area contributed by atoms with Gasteiger partial charge in [-0.2, -0.15) is 0 Å². The first-order valence-corrected chi connectivity index (χ1v) is 9.36. The number of carbonyl (C=O) groups is 1. The fraction of sp³-hybridized carbons (Fsp3) is 0.190. The summed E-state index contributed by atoms with van der Waals surface area (Å²) in [6.07, 6.45) is 5.80. The summed E-state index contributed by atoms with van der Waals surface area (Å²) >= 11 is 0. The molecule has 0 aliphatic carbocycles. The first kappa shape index (κ1) is 17.4. The van der Waals surface area contributed by atoms with Crippen LogP contribution in [-0.4, -0.2) is 38.6 Å². The van der Waals surface area contributed by atoms with Gasteiger partial charge < -0.3 is 19.2 Å². The Morgan fingerprint density at radius 2 is 2.07 bits per heavy atom. The lowest BCUT2D eigenvalue weighted by molar-refractivity contribution is 0.221. The van der Waals surface area contributed by atoms with E-state index in [-0.39, 0.29) is 17.9 Å². The van der Waals surface area contributed by atoms with Gasteiger partial charge in [-0.25, -0.2) is 19.2 Å². The molecular formula is C21H18FN5O2. The Labute approximate surface area is 165 Å². The van der Waals surface area contributed by atoms with Crippen LogP contribution in [0.15, 0.2) is 65.6 Å². The van der Waals surface area contributed by atoms with Crippen molar-refractivity contribution in [2.45, 2.75) is 12.5 Å². The standard InChI is InChI=1S/C21H18FN5O2/c22-15-3-5-16(6-4-15)24-21(28)26-10-7-17(12-26)27-19(14-8-11-29-13-14)25-18-2-1-9-23-20(18)27/h1-6,8-9,11,13,17H,7,10,12H2,(H,24,28). The summed E-state index contributed by atoms with van der Waals surface area (Å²) in [4.78, 5) is 23.7. The first-order valence-electron chi connectivity index (χ1n) is 9.36. The number of anilines is 1. The predicted molar refractivity (Wildman–Crippen MR) is 106 cm³/mol. The average molecular weight is 391 g/mol. The number of nitrogens with one attached hydrogen (secondary N) is 1. The number of urea groups is 1. The van der Waals surface area contributed by atoms with E-state index in [2.05, 4.69) is 14.9 Å². The second kappa shape index (κ2) is 7.05. The van der Waals surface area contributed by atoms with Crippen LogP contribution in [0.4, 0.5) is 14.9 Å². The lowest BCUT2D eigenvalue weighted by atomic mass is 10.2. The quantitative estimate of drug-likeness (QED) is 0.565. The minimum atomic E-state index is -0.338. The lowest BCUT2D eigenvalue weighted by Gasteiger charge is -2.19. The van der Waals surface area contributed by atoms with Crippen LogP contribution in [0.5, 0.6) is 0 Å². The topological polar surface area (TPSA) is 76.2 Å². The third-order valence-electron chi connectivity index (χ3n) is 5.14. The molecule has 1 aromatic carbocycles. The number of nitrogens with zero attached hydrogens (tertiary/aromatic N) is 4. The van der Waals surface area contributed by atoms with Crippen molar-refractivity contribution in [2.24, 2.45) is 0 Å². The molecule has 2 amide bonds. The summed E-state index contributed by atoms with van der Waals surface area (Å²) in [7, 11) is 0. The molecule has 1 aliphatic rings. The van der Waals surface area contributed by atoms with E-state index in [1.807, 2.05) is 18.2 Å². The third-order valence-corrected chi connectivity index (χ3v) is 5.14. The number of rotatable bonds is 3. The van der Waals surface area contributed by atoms with Gasteiger partial charge in [-0.15, -0.1) is 0 Å².